The topological polar surface area (TPSA) is 56.0 Å². The maximum atomic E-state index is 9.74. The second kappa shape index (κ2) is 5.11. The van der Waals surface area contributed by atoms with Crippen LogP contribution in [-0.2, 0) is 6.54 Å². The van der Waals surface area contributed by atoms with E-state index in [0.29, 0.717) is 12.1 Å². The molecule has 0 spiro atoms. The summed E-state index contributed by atoms with van der Waals surface area (Å²) in [5.41, 5.74) is 1.04. The van der Waals surface area contributed by atoms with Crippen LogP contribution in [0.2, 0.25) is 0 Å². The van der Waals surface area contributed by atoms with Crippen molar-refractivity contribution < 1.29 is 5.11 Å². The maximum Gasteiger partial charge on any atom is 0.0991 e. The van der Waals surface area contributed by atoms with Gasteiger partial charge in [-0.2, -0.15) is 5.26 Å². The summed E-state index contributed by atoms with van der Waals surface area (Å²) in [7, 11) is 0. The molecule has 0 amide bonds. The molecule has 3 nitrogen and oxygen atoms in total. The van der Waals surface area contributed by atoms with E-state index in [0.717, 1.165) is 5.56 Å². The van der Waals surface area contributed by atoms with Crippen molar-refractivity contribution in [3.05, 3.63) is 35.4 Å². The standard InChI is InChI=1S/C13H18N2O/c1-10(13(2,3)16)15-9-12-6-4-11(8-14)5-7-12/h4-7,10,15-16H,9H2,1-3H3. The number of hydrogen-bond acceptors (Lipinski definition) is 3. The Morgan fingerprint density at radius 3 is 2.38 bits per heavy atom. The minimum Gasteiger partial charge on any atom is -0.389 e. The van der Waals surface area contributed by atoms with E-state index >= 15 is 0 Å². The van der Waals surface area contributed by atoms with Crippen molar-refractivity contribution in [2.45, 2.75) is 39.0 Å². The summed E-state index contributed by atoms with van der Waals surface area (Å²) in [5.74, 6) is 0. The van der Waals surface area contributed by atoms with E-state index in [2.05, 4.69) is 11.4 Å². The van der Waals surface area contributed by atoms with Crippen molar-refractivity contribution in [1.82, 2.24) is 5.32 Å². The van der Waals surface area contributed by atoms with Crippen LogP contribution in [0, 0.1) is 11.3 Å². The Bertz CT molecular complexity index is 370. The Morgan fingerprint density at radius 2 is 1.94 bits per heavy atom. The van der Waals surface area contributed by atoms with Crippen LogP contribution in [0.3, 0.4) is 0 Å². The first-order valence-electron chi connectivity index (χ1n) is 5.38. The molecule has 0 radical (unpaired) electrons. The second-order valence-corrected chi connectivity index (χ2v) is 4.56. The zero-order valence-corrected chi connectivity index (χ0v) is 9.99. The van der Waals surface area contributed by atoms with Crippen LogP contribution < -0.4 is 5.32 Å². The van der Waals surface area contributed by atoms with Gasteiger partial charge in [0.1, 0.15) is 0 Å². The molecule has 1 rings (SSSR count). The Balaban J connectivity index is 2.53. The first-order chi connectivity index (χ1) is 7.43. The van der Waals surface area contributed by atoms with Gasteiger partial charge in [0.2, 0.25) is 0 Å². The third-order valence-electron chi connectivity index (χ3n) is 2.76. The summed E-state index contributed by atoms with van der Waals surface area (Å²) >= 11 is 0. The van der Waals surface area contributed by atoms with Gasteiger partial charge in [-0.25, -0.2) is 0 Å². The van der Waals surface area contributed by atoms with Crippen LogP contribution in [0.5, 0.6) is 0 Å². The summed E-state index contributed by atoms with van der Waals surface area (Å²) in [6.45, 7) is 6.20. The second-order valence-electron chi connectivity index (χ2n) is 4.56. The van der Waals surface area contributed by atoms with Gasteiger partial charge in [0, 0.05) is 12.6 Å². The molecule has 16 heavy (non-hydrogen) atoms. The van der Waals surface area contributed by atoms with Crippen LogP contribution in [0.15, 0.2) is 24.3 Å². The fourth-order valence-electron chi connectivity index (χ4n) is 1.22. The van der Waals surface area contributed by atoms with Crippen LogP contribution in [0.1, 0.15) is 31.9 Å². The molecular weight excluding hydrogens is 200 g/mol. The number of rotatable bonds is 4. The molecule has 0 aliphatic rings. The lowest BCUT2D eigenvalue weighted by Crippen LogP contribution is -2.44. The van der Waals surface area contributed by atoms with Crippen molar-refractivity contribution in [3.8, 4) is 6.07 Å². The van der Waals surface area contributed by atoms with Crippen molar-refractivity contribution in [1.29, 1.82) is 5.26 Å². The predicted octanol–water partition coefficient (Wildman–Crippen LogP) is 1.81. The van der Waals surface area contributed by atoms with E-state index in [9.17, 15) is 5.11 Å². The number of aliphatic hydroxyl groups is 1. The summed E-state index contributed by atoms with van der Waals surface area (Å²) in [4.78, 5) is 0. The molecule has 0 saturated carbocycles. The van der Waals surface area contributed by atoms with Crippen LogP contribution in [0.25, 0.3) is 0 Å². The Hall–Kier alpha value is -1.37. The van der Waals surface area contributed by atoms with Gasteiger partial charge < -0.3 is 10.4 Å². The third-order valence-corrected chi connectivity index (χ3v) is 2.76. The van der Waals surface area contributed by atoms with E-state index in [4.69, 9.17) is 5.26 Å². The van der Waals surface area contributed by atoms with Gasteiger partial charge in [-0.05, 0) is 38.5 Å². The lowest BCUT2D eigenvalue weighted by atomic mass is 10.0. The molecule has 0 aliphatic heterocycles. The molecule has 1 unspecified atom stereocenters. The lowest BCUT2D eigenvalue weighted by Gasteiger charge is -2.26. The van der Waals surface area contributed by atoms with E-state index in [1.165, 1.54) is 0 Å². The first kappa shape index (κ1) is 12.7. The van der Waals surface area contributed by atoms with Crippen molar-refractivity contribution in [2.24, 2.45) is 0 Å². The van der Waals surface area contributed by atoms with Gasteiger partial charge >= 0.3 is 0 Å². The highest BCUT2D eigenvalue weighted by atomic mass is 16.3. The Kier molecular flexibility index (Phi) is 4.05. The highest BCUT2D eigenvalue weighted by Crippen LogP contribution is 2.09. The largest absolute Gasteiger partial charge is 0.389 e. The number of nitrogens with zero attached hydrogens (tertiary/aromatic N) is 1. The predicted molar refractivity (Wildman–Crippen MR) is 63.8 cm³/mol. The molecule has 0 heterocycles. The van der Waals surface area contributed by atoms with Crippen molar-refractivity contribution in [2.75, 3.05) is 0 Å². The molecule has 0 saturated heterocycles. The van der Waals surface area contributed by atoms with Crippen molar-refractivity contribution >= 4 is 0 Å². The summed E-state index contributed by atoms with van der Waals surface area (Å²) < 4.78 is 0. The minimum absolute atomic E-state index is 0.0168. The highest BCUT2D eigenvalue weighted by molar-refractivity contribution is 5.31. The van der Waals surface area contributed by atoms with Crippen LogP contribution in [-0.4, -0.2) is 16.7 Å². The van der Waals surface area contributed by atoms with Gasteiger partial charge in [-0.15, -0.1) is 0 Å². The molecule has 0 bridgehead atoms. The summed E-state index contributed by atoms with van der Waals surface area (Å²) in [6, 6.07) is 9.53. The van der Waals surface area contributed by atoms with Crippen molar-refractivity contribution in [3.63, 3.8) is 0 Å². The molecule has 1 atom stereocenters. The molecule has 0 fully saturated rings. The average Bonchev–Trinajstić information content (AvgIpc) is 2.25. The Morgan fingerprint density at radius 1 is 1.38 bits per heavy atom. The maximum absolute atomic E-state index is 9.74. The van der Waals surface area contributed by atoms with Gasteiger partial charge in [-0.3, -0.25) is 0 Å². The van der Waals surface area contributed by atoms with Crippen LogP contribution >= 0.6 is 0 Å². The van der Waals surface area contributed by atoms with E-state index < -0.39 is 5.60 Å². The fourth-order valence-corrected chi connectivity index (χ4v) is 1.22. The van der Waals surface area contributed by atoms with Gasteiger partial charge in [0.15, 0.2) is 0 Å². The fraction of sp³-hybridized carbons (Fsp3) is 0.462. The third kappa shape index (κ3) is 3.65. The lowest BCUT2D eigenvalue weighted by molar-refractivity contribution is 0.0437. The number of nitrogens with one attached hydrogen (secondary N) is 1. The van der Waals surface area contributed by atoms with Crippen LogP contribution in [0.4, 0.5) is 0 Å². The number of hydrogen-bond donors (Lipinski definition) is 2. The average molecular weight is 218 g/mol. The molecule has 1 aromatic rings. The normalized spacial score (nSPS) is 13.2. The van der Waals surface area contributed by atoms with Gasteiger partial charge in [-0.1, -0.05) is 12.1 Å². The Labute approximate surface area is 96.7 Å². The minimum atomic E-state index is -0.730. The zero-order chi connectivity index (χ0) is 12.2. The summed E-state index contributed by atoms with van der Waals surface area (Å²) in [6.07, 6.45) is 0. The molecule has 1 aromatic carbocycles. The highest BCUT2D eigenvalue weighted by Gasteiger charge is 2.21. The van der Waals surface area contributed by atoms with Gasteiger partial charge in [0.25, 0.3) is 0 Å². The molecule has 0 aliphatic carbocycles. The van der Waals surface area contributed by atoms with E-state index in [1.807, 2.05) is 19.1 Å². The molecule has 86 valence electrons. The summed E-state index contributed by atoms with van der Waals surface area (Å²) in [5, 5.41) is 21.6. The molecular formula is C13H18N2O. The first-order valence-corrected chi connectivity index (χ1v) is 5.38. The SMILES string of the molecule is CC(NCc1ccc(C#N)cc1)C(C)(C)O. The molecule has 2 N–H and O–H groups in total. The van der Waals surface area contributed by atoms with Gasteiger partial charge in [0.05, 0.1) is 17.2 Å². The van der Waals surface area contributed by atoms with E-state index in [-0.39, 0.29) is 6.04 Å². The quantitative estimate of drug-likeness (QED) is 0.810. The monoisotopic (exact) mass is 218 g/mol. The number of benzene rings is 1. The smallest absolute Gasteiger partial charge is 0.0991 e. The zero-order valence-electron chi connectivity index (χ0n) is 9.99. The number of nitriles is 1. The molecule has 0 aromatic heterocycles. The molecule has 3 heteroatoms. The van der Waals surface area contributed by atoms with E-state index in [1.54, 1.807) is 26.0 Å².